The molecule has 0 spiro atoms. The van der Waals surface area contributed by atoms with Crippen LogP contribution < -0.4 is 10.6 Å². The fraction of sp³-hybridized carbons (Fsp3) is 0.190. The number of hydrogen-bond donors (Lipinski definition) is 2. The number of fused-ring (bicyclic) bond motifs is 1. The zero-order chi connectivity index (χ0) is 21.0. The van der Waals surface area contributed by atoms with Gasteiger partial charge in [0.05, 0.1) is 5.69 Å². The first-order chi connectivity index (χ1) is 13.8. The molecule has 0 bridgehead atoms. The molecule has 29 heavy (non-hydrogen) atoms. The van der Waals surface area contributed by atoms with Gasteiger partial charge in [-0.15, -0.1) is 0 Å². The molecule has 2 aromatic carbocycles. The third-order valence-electron chi connectivity index (χ3n) is 4.46. The molecule has 1 aliphatic rings. The van der Waals surface area contributed by atoms with Gasteiger partial charge in [-0.3, -0.25) is 14.3 Å². The number of nitrogens with one attached hydrogen (secondary N) is 2. The second-order valence-electron chi connectivity index (χ2n) is 6.56. The van der Waals surface area contributed by atoms with Crippen molar-refractivity contribution < 1.29 is 9.59 Å². The number of aromatic nitrogens is 2. The standard InChI is InChI=1S/C15H15ClN4O2.C6H5Br/c1-8-11-7-12(15(22)18-13(11)20(2)19-8)17-14(21)9-3-5-10(16)6-4-9;7-6-4-2-1-3-5-6/h3-6,12H,7H2,1-2H3,(H,17,21)(H,18,22);1-5H. The van der Waals surface area contributed by atoms with Crippen molar-refractivity contribution in [1.82, 2.24) is 15.1 Å². The number of amides is 2. The van der Waals surface area contributed by atoms with E-state index < -0.39 is 6.04 Å². The number of halogens is 2. The van der Waals surface area contributed by atoms with Crippen molar-refractivity contribution in [3.05, 3.63) is 80.9 Å². The molecule has 3 aromatic rings. The van der Waals surface area contributed by atoms with Crippen LogP contribution in [0.2, 0.25) is 5.02 Å². The summed E-state index contributed by atoms with van der Waals surface area (Å²) >= 11 is 9.11. The molecule has 150 valence electrons. The number of carbonyl (C=O) groups is 2. The van der Waals surface area contributed by atoms with Crippen LogP contribution in [0.25, 0.3) is 0 Å². The second-order valence-corrected chi connectivity index (χ2v) is 7.91. The maximum Gasteiger partial charge on any atom is 0.251 e. The minimum absolute atomic E-state index is 0.238. The van der Waals surface area contributed by atoms with Crippen molar-refractivity contribution >= 4 is 45.2 Å². The number of nitrogens with zero attached hydrogens (tertiary/aromatic N) is 2. The van der Waals surface area contributed by atoms with Crippen LogP contribution in [0.15, 0.2) is 59.1 Å². The van der Waals surface area contributed by atoms with Crippen LogP contribution in [0.1, 0.15) is 21.6 Å². The van der Waals surface area contributed by atoms with E-state index >= 15 is 0 Å². The predicted molar refractivity (Wildman–Crippen MR) is 117 cm³/mol. The van der Waals surface area contributed by atoms with Gasteiger partial charge in [0.1, 0.15) is 11.9 Å². The normalized spacial score (nSPS) is 14.9. The van der Waals surface area contributed by atoms with Crippen LogP contribution in [-0.4, -0.2) is 27.6 Å². The van der Waals surface area contributed by atoms with Crippen LogP contribution in [0.4, 0.5) is 5.82 Å². The molecule has 1 aliphatic heterocycles. The molecule has 6 nitrogen and oxygen atoms in total. The van der Waals surface area contributed by atoms with Crippen LogP contribution in [0.3, 0.4) is 0 Å². The fourth-order valence-corrected chi connectivity index (χ4v) is 3.41. The molecule has 2 amide bonds. The molecule has 0 radical (unpaired) electrons. The summed E-state index contributed by atoms with van der Waals surface area (Å²) in [5.74, 6) is 0.152. The predicted octanol–water partition coefficient (Wildman–Crippen LogP) is 4.12. The van der Waals surface area contributed by atoms with Crippen molar-refractivity contribution in [3.8, 4) is 0 Å². The van der Waals surface area contributed by atoms with Crippen molar-refractivity contribution in [1.29, 1.82) is 0 Å². The molecule has 8 heteroatoms. The van der Waals surface area contributed by atoms with Gasteiger partial charge in [-0.1, -0.05) is 45.7 Å². The molecule has 0 fully saturated rings. The summed E-state index contributed by atoms with van der Waals surface area (Å²) in [7, 11) is 1.78. The lowest BCUT2D eigenvalue weighted by atomic mass is 10.0. The summed E-state index contributed by atoms with van der Waals surface area (Å²) < 4.78 is 2.77. The molecule has 0 aliphatic carbocycles. The minimum Gasteiger partial charge on any atom is -0.340 e. The largest absolute Gasteiger partial charge is 0.340 e. The summed E-state index contributed by atoms with van der Waals surface area (Å²) in [6.45, 7) is 1.88. The maximum absolute atomic E-state index is 12.2. The first kappa shape index (κ1) is 21.1. The molecule has 1 aromatic heterocycles. The van der Waals surface area contributed by atoms with E-state index in [4.69, 9.17) is 11.6 Å². The monoisotopic (exact) mass is 474 g/mol. The Bertz CT molecular complexity index is 1020. The van der Waals surface area contributed by atoms with E-state index in [1.807, 2.05) is 37.3 Å². The van der Waals surface area contributed by atoms with Crippen LogP contribution in [0, 0.1) is 6.92 Å². The SMILES string of the molecule is Brc1ccccc1.Cc1nn(C)c2c1CC(NC(=O)c1ccc(Cl)cc1)C(=O)N2. The summed E-state index contributed by atoms with van der Waals surface area (Å²) in [5, 5.41) is 10.4. The average Bonchev–Trinajstić information content (AvgIpc) is 2.97. The molecule has 4 rings (SSSR count). The molecule has 1 atom stereocenters. The molecule has 2 N–H and O–H groups in total. The van der Waals surface area contributed by atoms with E-state index in [1.165, 1.54) is 0 Å². The van der Waals surface area contributed by atoms with Crippen LogP contribution >= 0.6 is 27.5 Å². The van der Waals surface area contributed by atoms with Gasteiger partial charge in [-0.05, 0) is 43.3 Å². The molecule has 2 heterocycles. The summed E-state index contributed by atoms with van der Waals surface area (Å²) in [6.07, 6.45) is 0.431. The third kappa shape index (κ3) is 5.25. The lowest BCUT2D eigenvalue weighted by Gasteiger charge is -2.23. The summed E-state index contributed by atoms with van der Waals surface area (Å²) in [5.41, 5.74) is 2.26. The van der Waals surface area contributed by atoms with E-state index in [0.717, 1.165) is 15.7 Å². The summed E-state index contributed by atoms with van der Waals surface area (Å²) in [6, 6.07) is 15.9. The highest BCUT2D eigenvalue weighted by Crippen LogP contribution is 2.25. The highest BCUT2D eigenvalue weighted by molar-refractivity contribution is 9.10. The Morgan fingerprint density at radius 2 is 1.86 bits per heavy atom. The second kappa shape index (κ2) is 9.24. The van der Waals surface area contributed by atoms with E-state index in [-0.39, 0.29) is 11.8 Å². The zero-order valence-electron chi connectivity index (χ0n) is 15.9. The van der Waals surface area contributed by atoms with Gasteiger partial charge in [0.25, 0.3) is 5.91 Å². The van der Waals surface area contributed by atoms with Crippen molar-refractivity contribution in [2.45, 2.75) is 19.4 Å². The Kier molecular flexibility index (Phi) is 6.71. The third-order valence-corrected chi connectivity index (χ3v) is 5.24. The van der Waals surface area contributed by atoms with Crippen molar-refractivity contribution in [2.75, 3.05) is 5.32 Å². The smallest absolute Gasteiger partial charge is 0.251 e. The Balaban J connectivity index is 0.000000290. The molecule has 0 saturated heterocycles. The number of aryl methyl sites for hydroxylation is 2. The van der Waals surface area contributed by atoms with Gasteiger partial charge in [0.15, 0.2) is 0 Å². The topological polar surface area (TPSA) is 76.0 Å². The number of anilines is 1. The Morgan fingerprint density at radius 3 is 2.45 bits per heavy atom. The van der Waals surface area contributed by atoms with Crippen LogP contribution in [0.5, 0.6) is 0 Å². The molecule has 0 saturated carbocycles. The zero-order valence-corrected chi connectivity index (χ0v) is 18.3. The first-order valence-electron chi connectivity index (χ1n) is 8.95. The molecule has 1 unspecified atom stereocenters. The van der Waals surface area contributed by atoms with E-state index in [1.54, 1.807) is 36.0 Å². The number of rotatable bonds is 2. The highest BCUT2D eigenvalue weighted by atomic mass is 79.9. The molecular formula is C21H20BrClN4O2. The van der Waals surface area contributed by atoms with Gasteiger partial charge in [-0.25, -0.2) is 0 Å². The van der Waals surface area contributed by atoms with E-state index in [0.29, 0.717) is 22.8 Å². The average molecular weight is 476 g/mol. The van der Waals surface area contributed by atoms with Crippen LogP contribution in [-0.2, 0) is 18.3 Å². The van der Waals surface area contributed by atoms with Gasteiger partial charge in [0.2, 0.25) is 5.91 Å². The van der Waals surface area contributed by atoms with Gasteiger partial charge in [0, 0.05) is 34.1 Å². The minimum atomic E-state index is -0.612. The maximum atomic E-state index is 12.2. The number of carbonyl (C=O) groups excluding carboxylic acids is 2. The fourth-order valence-electron chi connectivity index (χ4n) is 2.98. The van der Waals surface area contributed by atoms with Gasteiger partial charge in [-0.2, -0.15) is 5.10 Å². The lowest BCUT2D eigenvalue weighted by molar-refractivity contribution is -0.118. The number of benzene rings is 2. The Morgan fingerprint density at radius 1 is 1.21 bits per heavy atom. The van der Waals surface area contributed by atoms with Crippen molar-refractivity contribution in [2.24, 2.45) is 7.05 Å². The Hall–Kier alpha value is -2.64. The van der Waals surface area contributed by atoms with E-state index in [2.05, 4.69) is 31.7 Å². The molecular weight excluding hydrogens is 456 g/mol. The quantitative estimate of drug-likeness (QED) is 0.585. The Labute approximate surface area is 182 Å². The number of hydrogen-bond acceptors (Lipinski definition) is 3. The summed E-state index contributed by atoms with van der Waals surface area (Å²) in [4.78, 5) is 24.4. The first-order valence-corrected chi connectivity index (χ1v) is 10.1. The van der Waals surface area contributed by atoms with Gasteiger partial charge >= 0.3 is 0 Å². The lowest BCUT2D eigenvalue weighted by Crippen LogP contribution is -2.47. The van der Waals surface area contributed by atoms with Gasteiger partial charge < -0.3 is 10.6 Å². The van der Waals surface area contributed by atoms with Crippen molar-refractivity contribution in [3.63, 3.8) is 0 Å². The van der Waals surface area contributed by atoms with E-state index in [9.17, 15) is 9.59 Å². The highest BCUT2D eigenvalue weighted by Gasteiger charge is 2.31.